The molecule has 0 radical (unpaired) electrons. The fourth-order valence-electron chi connectivity index (χ4n) is 3.10. The van der Waals surface area contributed by atoms with Crippen molar-refractivity contribution in [2.75, 3.05) is 26.7 Å². The van der Waals surface area contributed by atoms with Crippen LogP contribution in [0.2, 0.25) is 0 Å². The first-order valence-electron chi connectivity index (χ1n) is 7.67. The molecule has 112 valence electrons. The molecule has 2 rings (SSSR count). The number of ether oxygens (including phenoxy) is 1. The lowest BCUT2D eigenvalue weighted by molar-refractivity contribution is 0.0301. The Bertz CT molecular complexity index is 433. The SMILES string of the molecule is CC(C)OCCN(C)C1(CN)CCc2ccccc2C1. The summed E-state index contributed by atoms with van der Waals surface area (Å²) in [5.41, 5.74) is 9.19. The quantitative estimate of drug-likeness (QED) is 0.866. The highest BCUT2D eigenvalue weighted by atomic mass is 16.5. The number of benzene rings is 1. The maximum absolute atomic E-state index is 6.15. The number of nitrogens with zero attached hydrogens (tertiary/aromatic N) is 1. The fraction of sp³-hybridized carbons (Fsp3) is 0.647. The Morgan fingerprint density at radius 2 is 2.00 bits per heavy atom. The summed E-state index contributed by atoms with van der Waals surface area (Å²) in [4.78, 5) is 2.41. The Hall–Kier alpha value is -0.900. The van der Waals surface area contributed by atoms with Gasteiger partial charge in [0.25, 0.3) is 0 Å². The van der Waals surface area contributed by atoms with Crippen molar-refractivity contribution in [1.82, 2.24) is 4.90 Å². The van der Waals surface area contributed by atoms with Crippen LogP contribution in [-0.4, -0.2) is 43.3 Å². The van der Waals surface area contributed by atoms with Crippen molar-refractivity contribution < 1.29 is 4.74 Å². The second kappa shape index (κ2) is 6.70. The van der Waals surface area contributed by atoms with Crippen LogP contribution in [0.5, 0.6) is 0 Å². The summed E-state index contributed by atoms with van der Waals surface area (Å²) in [5, 5.41) is 0. The molecule has 0 aromatic heterocycles. The summed E-state index contributed by atoms with van der Waals surface area (Å²) in [6, 6.07) is 8.76. The molecule has 2 N–H and O–H groups in total. The van der Waals surface area contributed by atoms with E-state index in [2.05, 4.69) is 50.1 Å². The minimum Gasteiger partial charge on any atom is -0.377 e. The standard InChI is InChI=1S/C17H28N2O/c1-14(2)20-11-10-19(3)17(13-18)9-8-15-6-4-5-7-16(15)12-17/h4-7,14H,8-13,18H2,1-3H3. The molecular formula is C17H28N2O. The third-order valence-corrected chi connectivity index (χ3v) is 4.57. The summed E-state index contributed by atoms with van der Waals surface area (Å²) in [6.07, 6.45) is 3.61. The highest BCUT2D eigenvalue weighted by Gasteiger charge is 2.36. The number of rotatable bonds is 6. The predicted molar refractivity (Wildman–Crippen MR) is 84.0 cm³/mol. The van der Waals surface area contributed by atoms with Gasteiger partial charge in [-0.15, -0.1) is 0 Å². The predicted octanol–water partition coefficient (Wildman–Crippen LogP) is 2.23. The smallest absolute Gasteiger partial charge is 0.0597 e. The Labute approximate surface area is 123 Å². The lowest BCUT2D eigenvalue weighted by Crippen LogP contribution is -2.56. The maximum Gasteiger partial charge on any atom is 0.0597 e. The third-order valence-electron chi connectivity index (χ3n) is 4.57. The van der Waals surface area contributed by atoms with E-state index in [0.29, 0.717) is 12.6 Å². The molecule has 0 fully saturated rings. The lowest BCUT2D eigenvalue weighted by atomic mass is 9.77. The number of fused-ring (bicyclic) bond motifs is 1. The molecule has 20 heavy (non-hydrogen) atoms. The van der Waals surface area contributed by atoms with Crippen molar-refractivity contribution in [3.05, 3.63) is 35.4 Å². The third kappa shape index (κ3) is 3.40. The second-order valence-electron chi connectivity index (χ2n) is 6.22. The van der Waals surface area contributed by atoms with Gasteiger partial charge in [-0.1, -0.05) is 24.3 Å². The van der Waals surface area contributed by atoms with Gasteiger partial charge in [-0.05, 0) is 51.3 Å². The minimum atomic E-state index is 0.0920. The van der Waals surface area contributed by atoms with E-state index in [1.807, 2.05) is 0 Å². The van der Waals surface area contributed by atoms with Crippen LogP contribution in [0.15, 0.2) is 24.3 Å². The number of aryl methyl sites for hydroxylation is 1. The number of nitrogens with two attached hydrogens (primary N) is 1. The van der Waals surface area contributed by atoms with E-state index in [1.54, 1.807) is 0 Å². The van der Waals surface area contributed by atoms with Gasteiger partial charge in [0.15, 0.2) is 0 Å². The molecule has 0 aliphatic heterocycles. The Morgan fingerprint density at radius 3 is 2.65 bits per heavy atom. The monoisotopic (exact) mass is 276 g/mol. The Kier molecular flexibility index (Phi) is 5.19. The molecule has 1 aromatic rings. The zero-order chi connectivity index (χ0) is 14.6. The van der Waals surface area contributed by atoms with Gasteiger partial charge in [0, 0.05) is 18.6 Å². The molecule has 0 saturated heterocycles. The molecule has 3 nitrogen and oxygen atoms in total. The molecule has 1 aliphatic carbocycles. The van der Waals surface area contributed by atoms with E-state index in [1.165, 1.54) is 11.1 Å². The van der Waals surface area contributed by atoms with Gasteiger partial charge in [0.2, 0.25) is 0 Å². The van der Waals surface area contributed by atoms with E-state index in [-0.39, 0.29) is 5.54 Å². The minimum absolute atomic E-state index is 0.0920. The topological polar surface area (TPSA) is 38.5 Å². The molecule has 1 aromatic carbocycles. The molecule has 3 heteroatoms. The summed E-state index contributed by atoms with van der Waals surface area (Å²) in [5.74, 6) is 0. The van der Waals surface area contributed by atoms with E-state index in [0.717, 1.165) is 32.4 Å². The first-order chi connectivity index (χ1) is 9.57. The fourth-order valence-corrected chi connectivity index (χ4v) is 3.10. The van der Waals surface area contributed by atoms with Crippen LogP contribution in [0, 0.1) is 0 Å². The van der Waals surface area contributed by atoms with E-state index < -0.39 is 0 Å². The highest BCUT2D eigenvalue weighted by molar-refractivity contribution is 5.32. The molecule has 0 spiro atoms. The Balaban J connectivity index is 2.03. The van der Waals surface area contributed by atoms with Gasteiger partial charge in [-0.25, -0.2) is 0 Å². The van der Waals surface area contributed by atoms with Crippen molar-refractivity contribution in [2.24, 2.45) is 5.73 Å². The van der Waals surface area contributed by atoms with Crippen molar-refractivity contribution in [3.63, 3.8) is 0 Å². The zero-order valence-electron chi connectivity index (χ0n) is 13.1. The van der Waals surface area contributed by atoms with Crippen LogP contribution in [0.4, 0.5) is 0 Å². The van der Waals surface area contributed by atoms with Gasteiger partial charge in [0.05, 0.1) is 12.7 Å². The molecular weight excluding hydrogens is 248 g/mol. The van der Waals surface area contributed by atoms with Gasteiger partial charge >= 0.3 is 0 Å². The van der Waals surface area contributed by atoms with Crippen LogP contribution >= 0.6 is 0 Å². The van der Waals surface area contributed by atoms with Gasteiger partial charge in [-0.3, -0.25) is 4.90 Å². The molecule has 0 bridgehead atoms. The average molecular weight is 276 g/mol. The summed E-state index contributed by atoms with van der Waals surface area (Å²) in [7, 11) is 2.18. The van der Waals surface area contributed by atoms with Crippen LogP contribution < -0.4 is 5.73 Å². The molecule has 1 atom stereocenters. The number of hydrogen-bond acceptors (Lipinski definition) is 3. The van der Waals surface area contributed by atoms with Crippen LogP contribution in [0.3, 0.4) is 0 Å². The zero-order valence-corrected chi connectivity index (χ0v) is 13.1. The molecule has 1 unspecified atom stereocenters. The lowest BCUT2D eigenvalue weighted by Gasteiger charge is -2.44. The molecule has 0 saturated carbocycles. The van der Waals surface area contributed by atoms with Crippen LogP contribution in [0.1, 0.15) is 31.4 Å². The number of likely N-dealkylation sites (N-methyl/N-ethyl adjacent to an activating group) is 1. The van der Waals surface area contributed by atoms with Gasteiger partial charge in [-0.2, -0.15) is 0 Å². The summed E-state index contributed by atoms with van der Waals surface area (Å²) in [6.45, 7) is 6.58. The van der Waals surface area contributed by atoms with Crippen molar-refractivity contribution in [1.29, 1.82) is 0 Å². The average Bonchev–Trinajstić information content (AvgIpc) is 2.46. The van der Waals surface area contributed by atoms with Gasteiger partial charge in [0.1, 0.15) is 0 Å². The van der Waals surface area contributed by atoms with E-state index in [4.69, 9.17) is 10.5 Å². The molecule has 0 amide bonds. The second-order valence-corrected chi connectivity index (χ2v) is 6.22. The van der Waals surface area contributed by atoms with Crippen molar-refractivity contribution >= 4 is 0 Å². The van der Waals surface area contributed by atoms with Crippen molar-refractivity contribution in [2.45, 2.75) is 44.8 Å². The molecule has 0 heterocycles. The summed E-state index contributed by atoms with van der Waals surface area (Å²) < 4.78 is 5.68. The van der Waals surface area contributed by atoms with Crippen molar-refractivity contribution in [3.8, 4) is 0 Å². The number of hydrogen-bond donors (Lipinski definition) is 1. The first-order valence-corrected chi connectivity index (χ1v) is 7.67. The molecule has 1 aliphatic rings. The summed E-state index contributed by atoms with van der Waals surface area (Å²) >= 11 is 0. The van der Waals surface area contributed by atoms with Gasteiger partial charge < -0.3 is 10.5 Å². The van der Waals surface area contributed by atoms with E-state index in [9.17, 15) is 0 Å². The normalized spacial score (nSPS) is 22.3. The highest BCUT2D eigenvalue weighted by Crippen LogP contribution is 2.31. The van der Waals surface area contributed by atoms with E-state index >= 15 is 0 Å². The first kappa shape index (κ1) is 15.5. The largest absolute Gasteiger partial charge is 0.377 e. The van der Waals surface area contributed by atoms with Crippen LogP contribution in [0.25, 0.3) is 0 Å². The Morgan fingerprint density at radius 1 is 1.30 bits per heavy atom. The van der Waals surface area contributed by atoms with Crippen LogP contribution in [-0.2, 0) is 17.6 Å². The maximum atomic E-state index is 6.15.